The van der Waals surface area contributed by atoms with Crippen LogP contribution in [-0.4, -0.2) is 35.1 Å². The molecule has 1 N–H and O–H groups in total. The number of carbonyl (C=O) groups is 1. The van der Waals surface area contributed by atoms with Crippen LogP contribution in [0.15, 0.2) is 60.7 Å². The largest absolute Gasteiger partial charge is 0.378 e. The van der Waals surface area contributed by atoms with Gasteiger partial charge in [0, 0.05) is 6.54 Å². The van der Waals surface area contributed by atoms with Crippen molar-refractivity contribution in [3.8, 4) is 0 Å². The predicted molar refractivity (Wildman–Crippen MR) is 87.7 cm³/mol. The Morgan fingerprint density at radius 2 is 1.70 bits per heavy atom. The molecule has 0 bridgehead atoms. The van der Waals surface area contributed by atoms with E-state index in [1.165, 1.54) is 0 Å². The van der Waals surface area contributed by atoms with Gasteiger partial charge in [-0.15, -0.1) is 0 Å². The third kappa shape index (κ3) is 3.60. The normalized spacial score (nSPS) is 22.6. The van der Waals surface area contributed by atoms with Crippen LogP contribution >= 0.6 is 0 Å². The van der Waals surface area contributed by atoms with E-state index in [0.717, 1.165) is 5.56 Å². The second-order valence-corrected chi connectivity index (χ2v) is 5.90. The third-order valence-electron chi connectivity index (χ3n) is 4.09. The summed E-state index contributed by atoms with van der Waals surface area (Å²) < 4.78 is 5.96. The molecule has 4 heteroatoms. The van der Waals surface area contributed by atoms with Gasteiger partial charge in [0.05, 0.1) is 12.6 Å². The van der Waals surface area contributed by atoms with Crippen LogP contribution in [0.1, 0.15) is 30.3 Å². The summed E-state index contributed by atoms with van der Waals surface area (Å²) in [5, 5.41) is 10.4. The molecule has 0 unspecified atom stereocenters. The highest BCUT2D eigenvalue weighted by atomic mass is 16.5. The van der Waals surface area contributed by atoms with Gasteiger partial charge in [0.25, 0.3) is 5.91 Å². The van der Waals surface area contributed by atoms with Crippen molar-refractivity contribution in [2.75, 3.05) is 13.1 Å². The van der Waals surface area contributed by atoms with Gasteiger partial charge in [0.15, 0.2) is 6.10 Å². The van der Waals surface area contributed by atoms with Gasteiger partial charge in [-0.3, -0.25) is 4.79 Å². The zero-order chi connectivity index (χ0) is 16.2. The molecule has 0 radical (unpaired) electrons. The van der Waals surface area contributed by atoms with E-state index in [9.17, 15) is 9.90 Å². The highest BCUT2D eigenvalue weighted by molar-refractivity contribution is 5.82. The molecule has 1 saturated heterocycles. The van der Waals surface area contributed by atoms with E-state index in [1.54, 1.807) is 17.0 Å². The summed E-state index contributed by atoms with van der Waals surface area (Å²) in [6.07, 6.45) is -1.36. The Bertz CT molecular complexity index is 644. The number of hydrogen-bond acceptors (Lipinski definition) is 3. The van der Waals surface area contributed by atoms with Crippen molar-refractivity contribution in [2.45, 2.75) is 25.2 Å². The number of rotatable bonds is 3. The van der Waals surface area contributed by atoms with Crippen LogP contribution in [0.4, 0.5) is 0 Å². The zero-order valence-electron chi connectivity index (χ0n) is 13.1. The highest BCUT2D eigenvalue weighted by Crippen LogP contribution is 2.27. The first-order valence-corrected chi connectivity index (χ1v) is 7.87. The lowest BCUT2D eigenvalue weighted by Gasteiger charge is -2.38. The van der Waals surface area contributed by atoms with E-state index < -0.39 is 6.10 Å². The average Bonchev–Trinajstić information content (AvgIpc) is 2.61. The SMILES string of the molecule is C[C@@H]1CN(C(=O)[C@H](O)c2ccccc2)C[C@H](c2ccccc2)O1. The minimum absolute atomic E-state index is 0.0686. The molecule has 3 rings (SSSR count). The van der Waals surface area contributed by atoms with Gasteiger partial charge < -0.3 is 14.7 Å². The molecule has 3 atom stereocenters. The maximum Gasteiger partial charge on any atom is 0.256 e. The number of carbonyl (C=O) groups excluding carboxylic acids is 1. The Morgan fingerprint density at radius 1 is 1.09 bits per heavy atom. The second-order valence-electron chi connectivity index (χ2n) is 5.90. The highest BCUT2D eigenvalue weighted by Gasteiger charge is 2.32. The predicted octanol–water partition coefficient (Wildman–Crippen LogP) is 2.71. The van der Waals surface area contributed by atoms with Crippen LogP contribution in [0, 0.1) is 0 Å². The maximum atomic E-state index is 12.6. The molecular formula is C19H21NO3. The Morgan fingerprint density at radius 3 is 2.35 bits per heavy atom. The van der Waals surface area contributed by atoms with Crippen molar-refractivity contribution < 1.29 is 14.6 Å². The first-order valence-electron chi connectivity index (χ1n) is 7.87. The van der Waals surface area contributed by atoms with Gasteiger partial charge in [-0.2, -0.15) is 0 Å². The molecule has 0 saturated carbocycles. The smallest absolute Gasteiger partial charge is 0.256 e. The summed E-state index contributed by atoms with van der Waals surface area (Å²) >= 11 is 0. The fourth-order valence-corrected chi connectivity index (χ4v) is 2.93. The molecule has 0 aromatic heterocycles. The molecule has 0 spiro atoms. The van der Waals surface area contributed by atoms with Crippen LogP contribution in [0.25, 0.3) is 0 Å². The molecule has 23 heavy (non-hydrogen) atoms. The molecule has 1 aliphatic rings. The van der Waals surface area contributed by atoms with Crippen LogP contribution in [-0.2, 0) is 9.53 Å². The summed E-state index contributed by atoms with van der Waals surface area (Å²) in [6.45, 7) is 2.90. The molecule has 2 aromatic carbocycles. The Kier molecular flexibility index (Phi) is 4.74. The third-order valence-corrected chi connectivity index (χ3v) is 4.09. The lowest BCUT2D eigenvalue weighted by atomic mass is 10.0. The Hall–Kier alpha value is -2.17. The lowest BCUT2D eigenvalue weighted by Crippen LogP contribution is -2.47. The fraction of sp³-hybridized carbons (Fsp3) is 0.316. The fourth-order valence-electron chi connectivity index (χ4n) is 2.93. The van der Waals surface area contributed by atoms with Gasteiger partial charge in [0.1, 0.15) is 6.10 Å². The van der Waals surface area contributed by atoms with E-state index in [-0.39, 0.29) is 18.1 Å². The van der Waals surface area contributed by atoms with Gasteiger partial charge in [-0.05, 0) is 18.1 Å². The summed E-state index contributed by atoms with van der Waals surface area (Å²) in [4.78, 5) is 14.3. The van der Waals surface area contributed by atoms with Crippen LogP contribution in [0.2, 0.25) is 0 Å². The zero-order valence-corrected chi connectivity index (χ0v) is 13.1. The lowest BCUT2D eigenvalue weighted by molar-refractivity contribution is -0.153. The second kappa shape index (κ2) is 6.94. The molecule has 4 nitrogen and oxygen atoms in total. The van der Waals surface area contributed by atoms with Crippen LogP contribution < -0.4 is 0 Å². The van der Waals surface area contributed by atoms with Crippen molar-refractivity contribution in [1.29, 1.82) is 0 Å². The topological polar surface area (TPSA) is 49.8 Å². The Labute approximate surface area is 136 Å². The maximum absolute atomic E-state index is 12.6. The summed E-state index contributed by atoms with van der Waals surface area (Å²) in [5.41, 5.74) is 1.67. The first kappa shape index (κ1) is 15.7. The molecule has 1 fully saturated rings. The molecule has 2 aromatic rings. The van der Waals surface area contributed by atoms with Gasteiger partial charge in [-0.1, -0.05) is 60.7 Å². The van der Waals surface area contributed by atoms with Crippen molar-refractivity contribution in [2.24, 2.45) is 0 Å². The average molecular weight is 311 g/mol. The number of morpholine rings is 1. The number of aliphatic hydroxyl groups excluding tert-OH is 1. The van der Waals surface area contributed by atoms with E-state index >= 15 is 0 Å². The Balaban J connectivity index is 1.75. The number of aliphatic hydroxyl groups is 1. The quantitative estimate of drug-likeness (QED) is 0.948. The van der Waals surface area contributed by atoms with Gasteiger partial charge >= 0.3 is 0 Å². The van der Waals surface area contributed by atoms with E-state index in [4.69, 9.17) is 4.74 Å². The number of ether oxygens (including phenoxy) is 1. The van der Waals surface area contributed by atoms with Crippen molar-refractivity contribution in [3.05, 3.63) is 71.8 Å². The number of benzene rings is 2. The number of amides is 1. The summed E-state index contributed by atoms with van der Waals surface area (Å²) in [5.74, 6) is -0.271. The summed E-state index contributed by atoms with van der Waals surface area (Å²) in [6, 6.07) is 18.9. The molecule has 120 valence electrons. The number of hydrogen-bond donors (Lipinski definition) is 1. The van der Waals surface area contributed by atoms with Crippen molar-refractivity contribution >= 4 is 5.91 Å². The molecular weight excluding hydrogens is 290 g/mol. The standard InChI is InChI=1S/C19H21NO3/c1-14-12-20(13-17(23-14)15-8-4-2-5-9-15)19(22)18(21)16-10-6-3-7-11-16/h2-11,14,17-18,21H,12-13H2,1H3/t14-,17-,18-/m1/s1. The van der Waals surface area contributed by atoms with E-state index in [2.05, 4.69) is 0 Å². The summed E-state index contributed by atoms with van der Waals surface area (Å²) in [7, 11) is 0. The minimum Gasteiger partial charge on any atom is -0.378 e. The van der Waals surface area contributed by atoms with Gasteiger partial charge in [0.2, 0.25) is 0 Å². The van der Waals surface area contributed by atoms with E-state index in [0.29, 0.717) is 18.7 Å². The number of nitrogens with zero attached hydrogens (tertiary/aromatic N) is 1. The van der Waals surface area contributed by atoms with Crippen molar-refractivity contribution in [1.82, 2.24) is 4.90 Å². The molecule has 1 heterocycles. The van der Waals surface area contributed by atoms with Crippen molar-refractivity contribution in [3.63, 3.8) is 0 Å². The van der Waals surface area contributed by atoms with Crippen LogP contribution in [0.5, 0.6) is 0 Å². The van der Waals surface area contributed by atoms with E-state index in [1.807, 2.05) is 55.5 Å². The van der Waals surface area contributed by atoms with Gasteiger partial charge in [-0.25, -0.2) is 0 Å². The monoisotopic (exact) mass is 311 g/mol. The first-order chi connectivity index (χ1) is 11.1. The molecule has 0 aliphatic carbocycles. The van der Waals surface area contributed by atoms with Crippen LogP contribution in [0.3, 0.4) is 0 Å². The molecule has 1 amide bonds. The molecule has 1 aliphatic heterocycles. The minimum atomic E-state index is -1.13.